The predicted octanol–water partition coefficient (Wildman–Crippen LogP) is -0.857. The molecule has 16 heavy (non-hydrogen) atoms. The Morgan fingerprint density at radius 3 is 2.62 bits per heavy atom. The third-order valence-corrected chi connectivity index (χ3v) is 2.53. The van der Waals surface area contributed by atoms with Gasteiger partial charge in [-0.3, -0.25) is 9.59 Å². The number of morpholine rings is 1. The van der Waals surface area contributed by atoms with E-state index >= 15 is 0 Å². The Balaban J connectivity index is 2.30. The Bertz CT molecular complexity index is 402. The average Bonchev–Trinajstić information content (AvgIpc) is 2.29. The maximum absolute atomic E-state index is 11.5. The molecule has 6 heteroatoms. The van der Waals surface area contributed by atoms with Crippen LogP contribution in [0.25, 0.3) is 0 Å². The number of hydrogen-bond donors (Lipinski definition) is 1. The maximum Gasteiger partial charge on any atom is 0.233 e. The monoisotopic (exact) mass is 221 g/mol. The summed E-state index contributed by atoms with van der Waals surface area (Å²) >= 11 is 0. The molecule has 0 spiro atoms. The molecule has 1 fully saturated rings. The zero-order valence-electron chi connectivity index (χ0n) is 8.65. The molecule has 1 saturated heterocycles. The molecule has 0 unspecified atom stereocenters. The fraction of sp³-hybridized carbons (Fsp3) is 0.500. The van der Waals surface area contributed by atoms with Crippen LogP contribution in [0.1, 0.15) is 6.42 Å². The first-order valence-electron chi connectivity index (χ1n) is 5.02. The molecule has 84 valence electrons. The van der Waals surface area contributed by atoms with Gasteiger partial charge >= 0.3 is 0 Å². The second kappa shape index (κ2) is 4.33. The fourth-order valence-electron chi connectivity index (χ4n) is 1.74. The van der Waals surface area contributed by atoms with E-state index in [-0.39, 0.29) is 17.9 Å². The number of carbonyl (C=O) groups excluding carboxylic acids is 2. The van der Waals surface area contributed by atoms with Gasteiger partial charge in [-0.2, -0.15) is 5.26 Å². The summed E-state index contributed by atoms with van der Waals surface area (Å²) in [7, 11) is 0. The summed E-state index contributed by atoms with van der Waals surface area (Å²) in [5.74, 6) is -0.426. The van der Waals surface area contributed by atoms with Crippen LogP contribution in [-0.4, -0.2) is 42.9 Å². The minimum atomic E-state index is -0.409. The van der Waals surface area contributed by atoms with Gasteiger partial charge in [0.25, 0.3) is 0 Å². The quantitative estimate of drug-likeness (QED) is 0.583. The number of rotatable bonds is 1. The molecule has 0 aromatic rings. The molecule has 2 rings (SSSR count). The van der Waals surface area contributed by atoms with Crippen LogP contribution < -0.4 is 5.32 Å². The Morgan fingerprint density at radius 2 is 2.00 bits per heavy atom. The molecule has 2 aliphatic heterocycles. The van der Waals surface area contributed by atoms with Crippen LogP contribution in [0.5, 0.6) is 0 Å². The van der Waals surface area contributed by atoms with E-state index in [9.17, 15) is 9.59 Å². The number of Topliss-reactive ketones (excluding diaryl/α,β-unsaturated/α-hetero) is 1. The topological polar surface area (TPSA) is 82.4 Å². The fourth-order valence-corrected chi connectivity index (χ4v) is 1.74. The van der Waals surface area contributed by atoms with Gasteiger partial charge in [0.05, 0.1) is 19.6 Å². The van der Waals surface area contributed by atoms with Crippen LogP contribution in [0.3, 0.4) is 0 Å². The maximum atomic E-state index is 11.5. The standard InChI is InChI=1S/C10H11N3O3/c11-6-7-8(14)5-9(15)12-10(7)13-1-3-16-4-2-13/h1-5H2,(H,12,15). The van der Waals surface area contributed by atoms with Gasteiger partial charge in [0, 0.05) is 13.1 Å². The minimum Gasteiger partial charge on any atom is -0.378 e. The average molecular weight is 221 g/mol. The summed E-state index contributed by atoms with van der Waals surface area (Å²) in [6, 6.07) is 1.85. The van der Waals surface area contributed by atoms with E-state index < -0.39 is 5.78 Å². The third kappa shape index (κ3) is 1.90. The lowest BCUT2D eigenvalue weighted by atomic mass is 10.1. The lowest BCUT2D eigenvalue weighted by Gasteiger charge is -2.32. The Labute approximate surface area is 92.5 Å². The van der Waals surface area contributed by atoms with Crippen LogP contribution in [-0.2, 0) is 14.3 Å². The molecule has 6 nitrogen and oxygen atoms in total. The minimum absolute atomic E-state index is 0.0431. The summed E-state index contributed by atoms with van der Waals surface area (Å²) < 4.78 is 5.17. The van der Waals surface area contributed by atoms with Gasteiger partial charge in [0.1, 0.15) is 17.5 Å². The molecule has 1 N–H and O–H groups in total. The lowest BCUT2D eigenvalue weighted by Crippen LogP contribution is -2.46. The van der Waals surface area contributed by atoms with Crippen molar-refractivity contribution in [2.75, 3.05) is 26.3 Å². The van der Waals surface area contributed by atoms with Crippen molar-refractivity contribution in [3.8, 4) is 6.07 Å². The number of nitriles is 1. The van der Waals surface area contributed by atoms with E-state index in [1.165, 1.54) is 0 Å². The second-order valence-electron chi connectivity index (χ2n) is 3.58. The molecule has 0 atom stereocenters. The zero-order chi connectivity index (χ0) is 11.5. The first kappa shape index (κ1) is 10.6. The van der Waals surface area contributed by atoms with Crippen molar-refractivity contribution < 1.29 is 14.3 Å². The Kier molecular flexibility index (Phi) is 2.88. The van der Waals surface area contributed by atoms with Gasteiger partial charge in [-0.05, 0) is 0 Å². The summed E-state index contributed by atoms with van der Waals surface area (Å²) in [4.78, 5) is 24.5. The van der Waals surface area contributed by atoms with E-state index in [4.69, 9.17) is 10.00 Å². The molecule has 0 aromatic carbocycles. The van der Waals surface area contributed by atoms with Gasteiger partial charge in [-0.25, -0.2) is 0 Å². The second-order valence-corrected chi connectivity index (χ2v) is 3.58. The smallest absolute Gasteiger partial charge is 0.233 e. The van der Waals surface area contributed by atoms with Gasteiger partial charge in [-0.1, -0.05) is 0 Å². The highest BCUT2D eigenvalue weighted by Crippen LogP contribution is 2.16. The summed E-state index contributed by atoms with van der Waals surface area (Å²) in [6.07, 6.45) is -0.239. The summed E-state index contributed by atoms with van der Waals surface area (Å²) in [5.41, 5.74) is 0.0431. The third-order valence-electron chi connectivity index (χ3n) is 2.53. The van der Waals surface area contributed by atoms with E-state index in [1.807, 2.05) is 6.07 Å². The van der Waals surface area contributed by atoms with E-state index in [2.05, 4.69) is 5.32 Å². The van der Waals surface area contributed by atoms with Gasteiger partial charge in [-0.15, -0.1) is 0 Å². The van der Waals surface area contributed by atoms with Crippen LogP contribution >= 0.6 is 0 Å². The van der Waals surface area contributed by atoms with Gasteiger partial charge in [0.15, 0.2) is 5.78 Å². The summed E-state index contributed by atoms with van der Waals surface area (Å²) in [6.45, 7) is 2.22. The number of hydrogen-bond acceptors (Lipinski definition) is 5. The molecule has 0 bridgehead atoms. The SMILES string of the molecule is N#CC1=C(N2CCOCC2)NC(=O)CC1=O. The van der Waals surface area contributed by atoms with Crippen molar-refractivity contribution in [3.05, 3.63) is 11.4 Å². The van der Waals surface area contributed by atoms with Crippen molar-refractivity contribution in [1.29, 1.82) is 5.26 Å². The normalized spacial score (nSPS) is 21.8. The van der Waals surface area contributed by atoms with E-state index in [0.29, 0.717) is 32.1 Å². The predicted molar refractivity (Wildman–Crippen MR) is 52.8 cm³/mol. The number of ether oxygens (including phenoxy) is 1. The molecule has 0 saturated carbocycles. The van der Waals surface area contributed by atoms with Gasteiger partial charge in [0.2, 0.25) is 5.91 Å². The van der Waals surface area contributed by atoms with Crippen LogP contribution in [0.4, 0.5) is 0 Å². The van der Waals surface area contributed by atoms with Crippen LogP contribution in [0.2, 0.25) is 0 Å². The number of nitrogens with one attached hydrogen (secondary N) is 1. The number of amides is 1. The lowest BCUT2D eigenvalue weighted by molar-refractivity contribution is -0.127. The molecule has 0 radical (unpaired) electrons. The molecule has 0 aromatic heterocycles. The van der Waals surface area contributed by atoms with E-state index in [0.717, 1.165) is 0 Å². The number of ketones is 1. The Hall–Kier alpha value is -1.87. The van der Waals surface area contributed by atoms with Crippen molar-refractivity contribution in [1.82, 2.24) is 10.2 Å². The highest BCUT2D eigenvalue weighted by atomic mass is 16.5. The van der Waals surface area contributed by atoms with Crippen LogP contribution in [0, 0.1) is 11.3 Å². The molecule has 2 aliphatic rings. The van der Waals surface area contributed by atoms with Crippen LogP contribution in [0.15, 0.2) is 11.4 Å². The highest BCUT2D eigenvalue weighted by molar-refractivity contribution is 6.12. The highest BCUT2D eigenvalue weighted by Gasteiger charge is 2.29. The van der Waals surface area contributed by atoms with Crippen molar-refractivity contribution in [2.45, 2.75) is 6.42 Å². The number of allylic oxidation sites excluding steroid dienone is 1. The molecule has 2 heterocycles. The molecular weight excluding hydrogens is 210 g/mol. The Morgan fingerprint density at radius 1 is 1.31 bits per heavy atom. The number of nitrogens with zero attached hydrogens (tertiary/aromatic N) is 2. The van der Waals surface area contributed by atoms with Crippen molar-refractivity contribution in [2.24, 2.45) is 0 Å². The van der Waals surface area contributed by atoms with Gasteiger partial charge < -0.3 is 15.0 Å². The molecular formula is C10H11N3O3. The van der Waals surface area contributed by atoms with Crippen molar-refractivity contribution >= 4 is 11.7 Å². The first-order chi connectivity index (χ1) is 7.72. The van der Waals surface area contributed by atoms with Crippen molar-refractivity contribution in [3.63, 3.8) is 0 Å². The first-order valence-corrected chi connectivity index (χ1v) is 5.02. The van der Waals surface area contributed by atoms with E-state index in [1.54, 1.807) is 4.90 Å². The molecule has 0 aliphatic carbocycles. The number of carbonyl (C=O) groups is 2. The largest absolute Gasteiger partial charge is 0.378 e. The summed E-state index contributed by atoms with van der Waals surface area (Å²) in [5, 5.41) is 11.5. The molecule has 1 amide bonds. The zero-order valence-corrected chi connectivity index (χ0v) is 8.65.